The maximum Gasteiger partial charge on any atom is 0.245 e. The van der Waals surface area contributed by atoms with Gasteiger partial charge in [0.15, 0.2) is 5.82 Å². The van der Waals surface area contributed by atoms with Crippen molar-refractivity contribution in [2.75, 3.05) is 46.3 Å². The number of piperazine rings is 1. The lowest BCUT2D eigenvalue weighted by Gasteiger charge is -2.28. The molecule has 1 fully saturated rings. The maximum atomic E-state index is 13.9. The van der Waals surface area contributed by atoms with Gasteiger partial charge in [-0.3, -0.25) is 4.90 Å². The third-order valence-corrected chi connectivity index (χ3v) is 5.71. The lowest BCUT2D eigenvalue weighted by atomic mass is 10.3. The second kappa shape index (κ2) is 7.02. The fourth-order valence-corrected chi connectivity index (χ4v) is 3.66. The Labute approximate surface area is 129 Å². The Morgan fingerprint density at radius 3 is 2.71 bits per heavy atom. The van der Waals surface area contributed by atoms with Crippen molar-refractivity contribution in [2.24, 2.45) is 0 Å². The quantitative estimate of drug-likeness (QED) is 0.872. The molecule has 0 unspecified atom stereocenters. The minimum atomic E-state index is -3.86. The van der Waals surface area contributed by atoms with Crippen LogP contribution in [0.2, 0.25) is 5.02 Å². The van der Waals surface area contributed by atoms with E-state index >= 15 is 0 Å². The lowest BCUT2D eigenvalue weighted by Crippen LogP contribution is -2.46. The second-order valence-corrected chi connectivity index (χ2v) is 7.39. The Morgan fingerprint density at radius 1 is 1.38 bits per heavy atom. The van der Waals surface area contributed by atoms with E-state index in [1.165, 1.54) is 29.6 Å². The molecule has 0 radical (unpaired) electrons. The fourth-order valence-electron chi connectivity index (χ4n) is 2.19. The van der Waals surface area contributed by atoms with Gasteiger partial charge in [0.25, 0.3) is 0 Å². The summed E-state index contributed by atoms with van der Waals surface area (Å²) >= 11 is 5.65. The third kappa shape index (κ3) is 3.92. The summed E-state index contributed by atoms with van der Waals surface area (Å²) in [5, 5.41) is 3.05. The molecular formula is C13H19ClFN3O2S. The summed E-state index contributed by atoms with van der Waals surface area (Å²) in [5.41, 5.74) is 0. The first-order chi connectivity index (χ1) is 9.93. The lowest BCUT2D eigenvalue weighted by molar-refractivity contribution is 0.229. The van der Waals surface area contributed by atoms with E-state index < -0.39 is 15.8 Å². The fraction of sp³-hybridized carbons (Fsp3) is 0.538. The number of rotatable bonds is 5. The van der Waals surface area contributed by atoms with E-state index in [2.05, 4.69) is 10.2 Å². The summed E-state index contributed by atoms with van der Waals surface area (Å²) in [7, 11) is -2.41. The van der Waals surface area contributed by atoms with Gasteiger partial charge < -0.3 is 5.32 Å². The van der Waals surface area contributed by atoms with Crippen LogP contribution in [0.5, 0.6) is 0 Å². The Balaban J connectivity index is 2.06. The van der Waals surface area contributed by atoms with Crippen molar-refractivity contribution in [3.05, 3.63) is 29.0 Å². The van der Waals surface area contributed by atoms with Gasteiger partial charge in [-0.2, -0.15) is 4.31 Å². The van der Waals surface area contributed by atoms with Gasteiger partial charge in [0, 0.05) is 46.3 Å². The zero-order chi connectivity index (χ0) is 15.5. The van der Waals surface area contributed by atoms with E-state index in [9.17, 15) is 12.8 Å². The van der Waals surface area contributed by atoms with Gasteiger partial charge in [-0.1, -0.05) is 17.7 Å². The van der Waals surface area contributed by atoms with Crippen LogP contribution in [0.4, 0.5) is 4.39 Å². The Bertz CT molecular complexity index is 591. The zero-order valence-electron chi connectivity index (χ0n) is 11.8. The molecular weight excluding hydrogens is 317 g/mol. The van der Waals surface area contributed by atoms with E-state index in [-0.39, 0.29) is 9.92 Å². The van der Waals surface area contributed by atoms with E-state index in [0.717, 1.165) is 26.2 Å². The highest BCUT2D eigenvalue weighted by atomic mass is 35.5. The maximum absolute atomic E-state index is 13.9. The number of sulfonamides is 1. The first-order valence-corrected chi connectivity index (χ1v) is 8.58. The molecule has 0 bridgehead atoms. The van der Waals surface area contributed by atoms with Crippen molar-refractivity contribution in [3.63, 3.8) is 0 Å². The van der Waals surface area contributed by atoms with Gasteiger partial charge in [0.1, 0.15) is 4.90 Å². The molecule has 1 aromatic rings. The zero-order valence-corrected chi connectivity index (χ0v) is 13.4. The largest absolute Gasteiger partial charge is 0.314 e. The van der Waals surface area contributed by atoms with Crippen molar-refractivity contribution in [1.29, 1.82) is 0 Å². The summed E-state index contributed by atoms with van der Waals surface area (Å²) in [6.45, 7) is 4.52. The number of likely N-dealkylation sites (N-methyl/N-ethyl adjacent to an activating group) is 1. The number of halogens is 2. The highest BCUT2D eigenvalue weighted by molar-refractivity contribution is 7.89. The second-order valence-electron chi connectivity index (χ2n) is 4.97. The molecule has 1 N–H and O–H groups in total. The van der Waals surface area contributed by atoms with Crippen LogP contribution >= 0.6 is 11.6 Å². The third-order valence-electron chi connectivity index (χ3n) is 3.55. The van der Waals surface area contributed by atoms with E-state index in [4.69, 9.17) is 11.6 Å². The van der Waals surface area contributed by atoms with Crippen molar-refractivity contribution in [3.8, 4) is 0 Å². The number of hydrogen-bond donors (Lipinski definition) is 1. The van der Waals surface area contributed by atoms with E-state index in [0.29, 0.717) is 13.1 Å². The smallest absolute Gasteiger partial charge is 0.245 e. The molecule has 0 atom stereocenters. The predicted octanol–water partition coefficient (Wildman–Crippen LogP) is 1.00. The monoisotopic (exact) mass is 335 g/mol. The molecule has 1 aliphatic heterocycles. The highest BCUT2D eigenvalue weighted by Crippen LogP contribution is 2.24. The summed E-state index contributed by atoms with van der Waals surface area (Å²) in [6, 6.07) is 4.00. The summed E-state index contributed by atoms with van der Waals surface area (Å²) in [6.07, 6.45) is 0. The van der Waals surface area contributed by atoms with Crippen LogP contribution in [-0.4, -0.2) is 63.9 Å². The van der Waals surface area contributed by atoms with Crippen LogP contribution in [0.25, 0.3) is 0 Å². The van der Waals surface area contributed by atoms with Crippen molar-refractivity contribution in [1.82, 2.24) is 14.5 Å². The minimum Gasteiger partial charge on any atom is -0.314 e. The number of benzene rings is 1. The van der Waals surface area contributed by atoms with Crippen LogP contribution in [0.3, 0.4) is 0 Å². The van der Waals surface area contributed by atoms with Gasteiger partial charge in [0.05, 0.1) is 5.02 Å². The summed E-state index contributed by atoms with van der Waals surface area (Å²) in [5.74, 6) is -0.895. The van der Waals surface area contributed by atoms with Gasteiger partial charge in [0.2, 0.25) is 10.0 Å². The highest BCUT2D eigenvalue weighted by Gasteiger charge is 2.26. The molecule has 118 valence electrons. The Morgan fingerprint density at radius 2 is 2.05 bits per heavy atom. The molecule has 0 spiro atoms. The van der Waals surface area contributed by atoms with Crippen LogP contribution in [0.15, 0.2) is 23.1 Å². The standard InChI is InChI=1S/C13H19ClFN3O2S/c1-17(9-10-18-7-5-16-6-8-18)21(19,20)12-4-2-3-11(14)13(12)15/h2-4,16H,5-10H2,1H3. The number of nitrogens with one attached hydrogen (secondary N) is 1. The van der Waals surface area contributed by atoms with Gasteiger partial charge >= 0.3 is 0 Å². The minimum absolute atomic E-state index is 0.188. The average Bonchev–Trinajstić information content (AvgIpc) is 2.48. The van der Waals surface area contributed by atoms with Crippen LogP contribution < -0.4 is 5.32 Å². The molecule has 0 saturated carbocycles. The number of hydrogen-bond acceptors (Lipinski definition) is 4. The first kappa shape index (κ1) is 16.6. The SMILES string of the molecule is CN(CCN1CCNCC1)S(=O)(=O)c1cccc(Cl)c1F. The first-order valence-electron chi connectivity index (χ1n) is 6.76. The average molecular weight is 336 g/mol. The van der Waals surface area contributed by atoms with Gasteiger partial charge in [-0.25, -0.2) is 12.8 Å². The Kier molecular flexibility index (Phi) is 5.56. The van der Waals surface area contributed by atoms with Gasteiger partial charge in [-0.05, 0) is 12.1 Å². The molecule has 0 amide bonds. The molecule has 8 heteroatoms. The van der Waals surface area contributed by atoms with E-state index in [1.54, 1.807) is 0 Å². The molecule has 21 heavy (non-hydrogen) atoms. The van der Waals surface area contributed by atoms with Crippen molar-refractivity contribution in [2.45, 2.75) is 4.90 Å². The van der Waals surface area contributed by atoms with E-state index in [1.807, 2.05) is 0 Å². The molecule has 5 nitrogen and oxygen atoms in total. The van der Waals surface area contributed by atoms with Crippen molar-refractivity contribution < 1.29 is 12.8 Å². The van der Waals surface area contributed by atoms with Crippen LogP contribution in [0, 0.1) is 5.82 Å². The number of nitrogens with zero attached hydrogens (tertiary/aromatic N) is 2. The topological polar surface area (TPSA) is 52.6 Å². The van der Waals surface area contributed by atoms with Crippen LogP contribution in [0.1, 0.15) is 0 Å². The summed E-state index contributed by atoms with van der Waals surface area (Å²) < 4.78 is 39.8. The molecule has 1 aliphatic rings. The molecule has 1 aromatic carbocycles. The van der Waals surface area contributed by atoms with Crippen molar-refractivity contribution >= 4 is 21.6 Å². The molecule has 0 aliphatic carbocycles. The normalized spacial score (nSPS) is 17.3. The van der Waals surface area contributed by atoms with Crippen LogP contribution in [-0.2, 0) is 10.0 Å². The molecule has 1 heterocycles. The molecule has 2 rings (SSSR count). The molecule has 0 aromatic heterocycles. The molecule has 1 saturated heterocycles. The Hall–Kier alpha value is -0.730. The predicted molar refractivity (Wildman–Crippen MR) is 80.5 cm³/mol. The summed E-state index contributed by atoms with van der Waals surface area (Å²) in [4.78, 5) is 1.80. The van der Waals surface area contributed by atoms with Gasteiger partial charge in [-0.15, -0.1) is 0 Å².